The third-order valence-electron chi connectivity index (χ3n) is 3.37. The molecule has 0 bridgehead atoms. The fourth-order valence-corrected chi connectivity index (χ4v) is 2.72. The summed E-state index contributed by atoms with van der Waals surface area (Å²) in [6.45, 7) is 6.19. The molecular formula is C12H19BrN4O. The fourth-order valence-electron chi connectivity index (χ4n) is 2.24. The first kappa shape index (κ1) is 13.7. The Morgan fingerprint density at radius 1 is 1.39 bits per heavy atom. The number of anilines is 1. The molecule has 1 atom stereocenters. The van der Waals surface area contributed by atoms with Gasteiger partial charge in [-0.1, -0.05) is 0 Å². The molecule has 6 heteroatoms. The van der Waals surface area contributed by atoms with Gasteiger partial charge >= 0.3 is 0 Å². The summed E-state index contributed by atoms with van der Waals surface area (Å²) in [4.78, 5) is 12.9. The summed E-state index contributed by atoms with van der Waals surface area (Å²) in [5.74, 6) is 0.962. The highest BCUT2D eigenvalue weighted by Crippen LogP contribution is 2.23. The van der Waals surface area contributed by atoms with E-state index in [-0.39, 0.29) is 12.6 Å². The first-order chi connectivity index (χ1) is 8.72. The van der Waals surface area contributed by atoms with Crippen molar-refractivity contribution in [1.29, 1.82) is 0 Å². The summed E-state index contributed by atoms with van der Waals surface area (Å²) in [5.41, 5.74) is 0. The molecule has 0 aromatic carbocycles. The van der Waals surface area contributed by atoms with Crippen LogP contribution in [0.4, 0.5) is 5.82 Å². The van der Waals surface area contributed by atoms with Crippen LogP contribution in [0.1, 0.15) is 13.3 Å². The van der Waals surface area contributed by atoms with E-state index >= 15 is 0 Å². The highest BCUT2D eigenvalue weighted by Gasteiger charge is 2.20. The molecule has 0 saturated carbocycles. The molecule has 18 heavy (non-hydrogen) atoms. The monoisotopic (exact) mass is 314 g/mol. The van der Waals surface area contributed by atoms with Crippen molar-refractivity contribution in [3.05, 3.63) is 17.0 Å². The Morgan fingerprint density at radius 3 is 2.94 bits per heavy atom. The zero-order valence-electron chi connectivity index (χ0n) is 10.6. The van der Waals surface area contributed by atoms with Gasteiger partial charge < -0.3 is 10.0 Å². The normalized spacial score (nSPS) is 19.6. The second-order valence-corrected chi connectivity index (χ2v) is 5.46. The van der Waals surface area contributed by atoms with Crippen LogP contribution in [0.25, 0.3) is 0 Å². The lowest BCUT2D eigenvalue weighted by atomic mass is 10.3. The predicted octanol–water partition coefficient (Wildman–Crippen LogP) is 1.13. The van der Waals surface area contributed by atoms with Gasteiger partial charge in [0, 0.05) is 38.4 Å². The molecule has 0 amide bonds. The maximum atomic E-state index is 9.22. The molecule has 0 unspecified atom stereocenters. The summed E-state index contributed by atoms with van der Waals surface area (Å²) in [6, 6.07) is 0.235. The minimum Gasteiger partial charge on any atom is -0.395 e. The third-order valence-corrected chi connectivity index (χ3v) is 3.93. The second-order valence-electron chi connectivity index (χ2n) is 4.60. The Labute approximate surface area is 116 Å². The van der Waals surface area contributed by atoms with Crippen molar-refractivity contribution in [1.82, 2.24) is 14.9 Å². The Bertz CT molecular complexity index is 390. The van der Waals surface area contributed by atoms with Crippen molar-refractivity contribution in [2.45, 2.75) is 19.4 Å². The van der Waals surface area contributed by atoms with E-state index in [0.29, 0.717) is 0 Å². The van der Waals surface area contributed by atoms with Crippen LogP contribution in [-0.4, -0.2) is 58.8 Å². The van der Waals surface area contributed by atoms with E-state index in [1.165, 1.54) is 0 Å². The number of aromatic nitrogens is 2. The lowest BCUT2D eigenvalue weighted by Crippen LogP contribution is -2.38. The Balaban J connectivity index is 2.03. The van der Waals surface area contributed by atoms with Gasteiger partial charge in [-0.25, -0.2) is 9.97 Å². The average molecular weight is 315 g/mol. The van der Waals surface area contributed by atoms with Crippen LogP contribution in [0.5, 0.6) is 0 Å². The van der Waals surface area contributed by atoms with E-state index in [0.717, 1.165) is 42.9 Å². The topological polar surface area (TPSA) is 52.5 Å². The van der Waals surface area contributed by atoms with Crippen LogP contribution in [-0.2, 0) is 0 Å². The average Bonchev–Trinajstić information content (AvgIpc) is 2.64. The number of hydrogen-bond donors (Lipinski definition) is 1. The highest BCUT2D eigenvalue weighted by atomic mass is 79.9. The fraction of sp³-hybridized carbons (Fsp3) is 0.667. The number of nitrogens with zero attached hydrogens (tertiary/aromatic N) is 4. The Morgan fingerprint density at radius 2 is 2.22 bits per heavy atom. The van der Waals surface area contributed by atoms with Crippen LogP contribution in [0.3, 0.4) is 0 Å². The van der Waals surface area contributed by atoms with Crippen LogP contribution < -0.4 is 4.90 Å². The van der Waals surface area contributed by atoms with Crippen molar-refractivity contribution in [2.24, 2.45) is 0 Å². The standard InChI is InChI=1S/C12H19BrN4O/c1-10(8-18)16-3-2-4-17(6-5-16)12-11(13)7-14-9-15-12/h7,9-10,18H,2-6,8H2,1H3/t10-/m0/s1. The zero-order chi connectivity index (χ0) is 13.0. The van der Waals surface area contributed by atoms with E-state index in [4.69, 9.17) is 0 Å². The van der Waals surface area contributed by atoms with Crippen molar-refractivity contribution < 1.29 is 5.11 Å². The van der Waals surface area contributed by atoms with Crippen LogP contribution >= 0.6 is 15.9 Å². The Hall–Kier alpha value is -0.720. The molecule has 1 aliphatic heterocycles. The lowest BCUT2D eigenvalue weighted by Gasteiger charge is -2.26. The number of rotatable bonds is 3. The van der Waals surface area contributed by atoms with E-state index in [1.807, 2.05) is 0 Å². The lowest BCUT2D eigenvalue weighted by molar-refractivity contribution is 0.141. The van der Waals surface area contributed by atoms with E-state index in [9.17, 15) is 5.11 Å². The largest absolute Gasteiger partial charge is 0.395 e. The van der Waals surface area contributed by atoms with Crippen molar-refractivity contribution in [2.75, 3.05) is 37.7 Å². The number of hydrogen-bond acceptors (Lipinski definition) is 5. The first-order valence-electron chi connectivity index (χ1n) is 6.27. The molecule has 0 aliphatic carbocycles. The molecule has 1 aromatic heterocycles. The molecule has 0 radical (unpaired) electrons. The summed E-state index contributed by atoms with van der Waals surface area (Å²) in [5, 5.41) is 9.22. The smallest absolute Gasteiger partial charge is 0.146 e. The molecule has 1 aromatic rings. The van der Waals surface area contributed by atoms with Crippen molar-refractivity contribution in [3.63, 3.8) is 0 Å². The first-order valence-corrected chi connectivity index (χ1v) is 7.07. The number of aliphatic hydroxyl groups excluding tert-OH is 1. The molecule has 1 N–H and O–H groups in total. The van der Waals surface area contributed by atoms with Gasteiger partial charge in [-0.3, -0.25) is 4.90 Å². The van der Waals surface area contributed by atoms with Gasteiger partial charge in [-0.2, -0.15) is 0 Å². The molecule has 2 rings (SSSR count). The molecule has 1 saturated heterocycles. The minimum absolute atomic E-state index is 0.219. The van der Waals surface area contributed by atoms with Gasteiger partial charge in [0.05, 0.1) is 11.1 Å². The van der Waals surface area contributed by atoms with Crippen LogP contribution in [0, 0.1) is 0 Å². The van der Waals surface area contributed by atoms with Gasteiger partial charge in [0.1, 0.15) is 12.1 Å². The van der Waals surface area contributed by atoms with E-state index < -0.39 is 0 Å². The van der Waals surface area contributed by atoms with Gasteiger partial charge in [-0.15, -0.1) is 0 Å². The maximum absolute atomic E-state index is 9.22. The summed E-state index contributed by atoms with van der Waals surface area (Å²) in [7, 11) is 0. The van der Waals surface area contributed by atoms with Gasteiger partial charge in [0.15, 0.2) is 0 Å². The van der Waals surface area contributed by atoms with Gasteiger partial charge in [0.25, 0.3) is 0 Å². The Kier molecular flexibility index (Phi) is 4.91. The third kappa shape index (κ3) is 3.18. The summed E-state index contributed by atoms with van der Waals surface area (Å²) < 4.78 is 0.939. The van der Waals surface area contributed by atoms with Crippen molar-refractivity contribution >= 4 is 21.7 Å². The summed E-state index contributed by atoms with van der Waals surface area (Å²) in [6.07, 6.45) is 4.45. The van der Waals surface area contributed by atoms with Gasteiger partial charge in [-0.05, 0) is 29.3 Å². The van der Waals surface area contributed by atoms with Crippen molar-refractivity contribution in [3.8, 4) is 0 Å². The zero-order valence-corrected chi connectivity index (χ0v) is 12.2. The van der Waals surface area contributed by atoms with Crippen LogP contribution in [0.15, 0.2) is 17.0 Å². The molecule has 0 spiro atoms. The van der Waals surface area contributed by atoms with E-state index in [2.05, 4.69) is 42.6 Å². The molecular weight excluding hydrogens is 296 g/mol. The number of aliphatic hydroxyl groups is 1. The quantitative estimate of drug-likeness (QED) is 0.906. The van der Waals surface area contributed by atoms with Gasteiger partial charge in [0.2, 0.25) is 0 Å². The molecule has 5 nitrogen and oxygen atoms in total. The molecule has 1 aliphatic rings. The van der Waals surface area contributed by atoms with E-state index in [1.54, 1.807) is 12.5 Å². The second kappa shape index (κ2) is 6.45. The summed E-state index contributed by atoms with van der Waals surface area (Å²) >= 11 is 3.49. The highest BCUT2D eigenvalue weighted by molar-refractivity contribution is 9.10. The molecule has 1 fully saturated rings. The molecule has 100 valence electrons. The van der Waals surface area contributed by atoms with Crippen LogP contribution in [0.2, 0.25) is 0 Å². The maximum Gasteiger partial charge on any atom is 0.146 e. The predicted molar refractivity (Wildman–Crippen MR) is 74.7 cm³/mol. The minimum atomic E-state index is 0.219. The number of halogens is 1. The SMILES string of the molecule is C[C@@H](CO)N1CCCN(c2ncncc2Br)CC1. The molecule has 2 heterocycles.